The summed E-state index contributed by atoms with van der Waals surface area (Å²) in [6.45, 7) is 6.01. The van der Waals surface area contributed by atoms with E-state index in [1.165, 1.54) is 17.7 Å². The van der Waals surface area contributed by atoms with Gasteiger partial charge in [-0.05, 0) is 43.8 Å². The predicted molar refractivity (Wildman–Crippen MR) is 79.7 cm³/mol. The highest BCUT2D eigenvalue weighted by atomic mass is 32.1. The van der Waals surface area contributed by atoms with Gasteiger partial charge in [0, 0.05) is 17.5 Å². The molecule has 0 saturated carbocycles. The molecular weight excluding hydrogens is 259 g/mol. The average molecular weight is 276 g/mol. The highest BCUT2D eigenvalue weighted by Crippen LogP contribution is 2.24. The van der Waals surface area contributed by atoms with E-state index in [0.29, 0.717) is 0 Å². The molecule has 0 aliphatic heterocycles. The monoisotopic (exact) mass is 276 g/mol. The topological polar surface area (TPSA) is 24.9 Å². The first-order valence-corrected chi connectivity index (χ1v) is 7.16. The molecule has 19 heavy (non-hydrogen) atoms. The minimum absolute atomic E-state index is 0.220. The number of nitrogens with one attached hydrogen (secondary N) is 1. The largest absolute Gasteiger partial charge is 0.313 e. The summed E-state index contributed by atoms with van der Waals surface area (Å²) in [7, 11) is 0. The van der Waals surface area contributed by atoms with Crippen molar-refractivity contribution in [3.05, 3.63) is 46.7 Å². The van der Waals surface area contributed by atoms with E-state index < -0.39 is 0 Å². The van der Waals surface area contributed by atoms with Crippen molar-refractivity contribution in [1.29, 1.82) is 0 Å². The van der Waals surface area contributed by atoms with Crippen molar-refractivity contribution in [3.63, 3.8) is 0 Å². The summed E-state index contributed by atoms with van der Waals surface area (Å²) in [5.41, 5.74) is 3.16. The van der Waals surface area contributed by atoms with Crippen LogP contribution < -0.4 is 5.32 Å². The number of likely N-dealkylation sites (N-methyl/N-ethyl adjacent to an activating group) is 1. The summed E-state index contributed by atoms with van der Waals surface area (Å²) in [5, 5.41) is 6.22. The molecule has 0 spiro atoms. The molecule has 0 bridgehead atoms. The van der Waals surface area contributed by atoms with Gasteiger partial charge in [-0.3, -0.25) is 0 Å². The van der Waals surface area contributed by atoms with Gasteiger partial charge in [0.1, 0.15) is 10.8 Å². The van der Waals surface area contributed by atoms with Gasteiger partial charge >= 0.3 is 0 Å². The van der Waals surface area contributed by atoms with Gasteiger partial charge < -0.3 is 5.32 Å². The van der Waals surface area contributed by atoms with E-state index in [1.54, 1.807) is 23.5 Å². The second-order valence-electron chi connectivity index (χ2n) is 4.36. The Kier molecular flexibility index (Phi) is 4.82. The van der Waals surface area contributed by atoms with Gasteiger partial charge in [-0.2, -0.15) is 0 Å². The van der Waals surface area contributed by atoms with Crippen molar-refractivity contribution in [3.8, 4) is 10.6 Å². The van der Waals surface area contributed by atoms with Gasteiger partial charge in [0.05, 0.1) is 5.69 Å². The smallest absolute Gasteiger partial charge is 0.124 e. The zero-order chi connectivity index (χ0) is 13.7. The molecule has 1 N–H and O–H groups in total. The van der Waals surface area contributed by atoms with E-state index in [1.807, 2.05) is 5.38 Å². The van der Waals surface area contributed by atoms with Crippen LogP contribution in [0.1, 0.15) is 19.5 Å². The Bertz CT molecular complexity index is 558. The Morgan fingerprint density at radius 3 is 2.79 bits per heavy atom. The van der Waals surface area contributed by atoms with Crippen molar-refractivity contribution in [1.82, 2.24) is 10.3 Å². The fourth-order valence-corrected chi connectivity index (χ4v) is 2.49. The van der Waals surface area contributed by atoms with Gasteiger partial charge in [-0.25, -0.2) is 9.37 Å². The third kappa shape index (κ3) is 3.98. The highest BCUT2D eigenvalue weighted by molar-refractivity contribution is 7.13. The van der Waals surface area contributed by atoms with Crippen LogP contribution in [0.3, 0.4) is 0 Å². The predicted octanol–water partition coefficient (Wildman–Crippen LogP) is 3.96. The highest BCUT2D eigenvalue weighted by Gasteiger charge is 2.03. The number of nitrogens with zero attached hydrogens (tertiary/aromatic N) is 1. The second-order valence-corrected chi connectivity index (χ2v) is 5.21. The van der Waals surface area contributed by atoms with E-state index in [4.69, 9.17) is 0 Å². The molecule has 4 heteroatoms. The fourth-order valence-electron chi connectivity index (χ4n) is 1.70. The third-order valence-electron chi connectivity index (χ3n) is 2.66. The number of hydrogen-bond acceptors (Lipinski definition) is 3. The van der Waals surface area contributed by atoms with Crippen LogP contribution >= 0.6 is 11.3 Å². The Hall–Kier alpha value is -1.52. The lowest BCUT2D eigenvalue weighted by atomic mass is 10.2. The normalized spacial score (nSPS) is 11.8. The molecule has 1 heterocycles. The van der Waals surface area contributed by atoms with Gasteiger partial charge in [0.25, 0.3) is 0 Å². The number of benzene rings is 1. The Morgan fingerprint density at radius 1 is 1.37 bits per heavy atom. The molecule has 2 rings (SSSR count). The number of rotatable bonds is 5. The van der Waals surface area contributed by atoms with E-state index in [9.17, 15) is 4.39 Å². The molecule has 0 aliphatic rings. The van der Waals surface area contributed by atoms with Crippen molar-refractivity contribution in [2.45, 2.75) is 13.8 Å². The average Bonchev–Trinajstić information content (AvgIpc) is 2.85. The quantitative estimate of drug-likeness (QED) is 0.894. The van der Waals surface area contributed by atoms with Crippen LogP contribution in [-0.2, 0) is 0 Å². The number of aromatic nitrogens is 1. The number of halogens is 1. The molecule has 0 amide bonds. The molecule has 0 aliphatic carbocycles. The molecule has 100 valence electrons. The van der Waals surface area contributed by atoms with Crippen molar-refractivity contribution in [2.75, 3.05) is 13.1 Å². The SMILES string of the molecule is CCNCC(C)=Cc1csc(-c2ccc(F)cc2)n1. The van der Waals surface area contributed by atoms with Crippen LogP contribution in [0.2, 0.25) is 0 Å². The first kappa shape index (κ1) is 13.9. The number of thiazole rings is 1. The molecule has 0 unspecified atom stereocenters. The maximum atomic E-state index is 12.9. The Labute approximate surface area is 117 Å². The molecule has 1 aromatic carbocycles. The summed E-state index contributed by atoms with van der Waals surface area (Å²) in [4.78, 5) is 4.55. The van der Waals surface area contributed by atoms with Gasteiger partial charge in [0.15, 0.2) is 0 Å². The van der Waals surface area contributed by atoms with E-state index in [-0.39, 0.29) is 5.82 Å². The minimum atomic E-state index is -0.220. The molecular formula is C15H17FN2S. The summed E-state index contributed by atoms with van der Waals surface area (Å²) >= 11 is 1.58. The van der Waals surface area contributed by atoms with E-state index in [0.717, 1.165) is 29.4 Å². The van der Waals surface area contributed by atoms with Crippen LogP contribution in [0.4, 0.5) is 4.39 Å². The lowest BCUT2D eigenvalue weighted by molar-refractivity contribution is 0.628. The lowest BCUT2D eigenvalue weighted by Crippen LogP contribution is -2.14. The maximum Gasteiger partial charge on any atom is 0.124 e. The van der Waals surface area contributed by atoms with Gasteiger partial charge in [-0.15, -0.1) is 11.3 Å². The molecule has 0 saturated heterocycles. The molecule has 0 atom stereocenters. The zero-order valence-electron chi connectivity index (χ0n) is 11.1. The lowest BCUT2D eigenvalue weighted by Gasteiger charge is -2.00. The summed E-state index contributed by atoms with van der Waals surface area (Å²) in [5.74, 6) is -0.220. The van der Waals surface area contributed by atoms with Crippen molar-refractivity contribution >= 4 is 17.4 Å². The van der Waals surface area contributed by atoms with Crippen LogP contribution in [0.25, 0.3) is 16.6 Å². The molecule has 2 nitrogen and oxygen atoms in total. The first-order chi connectivity index (χ1) is 9.19. The first-order valence-electron chi connectivity index (χ1n) is 6.28. The maximum absolute atomic E-state index is 12.9. The van der Waals surface area contributed by atoms with E-state index >= 15 is 0 Å². The van der Waals surface area contributed by atoms with Crippen LogP contribution in [0.5, 0.6) is 0 Å². The third-order valence-corrected chi connectivity index (χ3v) is 3.57. The molecule has 0 fully saturated rings. The summed E-state index contributed by atoms with van der Waals surface area (Å²) in [6.07, 6.45) is 2.08. The van der Waals surface area contributed by atoms with Gasteiger partial charge in [-0.1, -0.05) is 12.5 Å². The fraction of sp³-hybridized carbons (Fsp3) is 0.267. The van der Waals surface area contributed by atoms with Crippen LogP contribution in [0.15, 0.2) is 35.2 Å². The van der Waals surface area contributed by atoms with Crippen LogP contribution in [0, 0.1) is 5.82 Å². The number of hydrogen-bond donors (Lipinski definition) is 1. The minimum Gasteiger partial charge on any atom is -0.313 e. The van der Waals surface area contributed by atoms with Crippen LogP contribution in [-0.4, -0.2) is 18.1 Å². The Balaban J connectivity index is 2.12. The molecule has 2 aromatic rings. The Morgan fingerprint density at radius 2 is 2.11 bits per heavy atom. The molecule has 1 aromatic heterocycles. The zero-order valence-corrected chi connectivity index (χ0v) is 11.9. The van der Waals surface area contributed by atoms with E-state index in [2.05, 4.69) is 30.2 Å². The second kappa shape index (κ2) is 6.59. The standard InChI is InChI=1S/C15H17FN2S/c1-3-17-9-11(2)8-14-10-19-15(18-14)12-4-6-13(16)7-5-12/h4-8,10,17H,3,9H2,1-2H3. The summed E-state index contributed by atoms with van der Waals surface area (Å²) in [6, 6.07) is 6.44. The van der Waals surface area contributed by atoms with Crippen molar-refractivity contribution in [2.24, 2.45) is 0 Å². The summed E-state index contributed by atoms with van der Waals surface area (Å²) < 4.78 is 12.9. The molecule has 0 radical (unpaired) electrons. The van der Waals surface area contributed by atoms with Crippen molar-refractivity contribution < 1.29 is 4.39 Å². The van der Waals surface area contributed by atoms with Gasteiger partial charge in [0.2, 0.25) is 0 Å².